The number of piperidine rings is 1. The minimum atomic E-state index is -0.386. The third-order valence-electron chi connectivity index (χ3n) is 3.40. The zero-order valence-electron chi connectivity index (χ0n) is 9.87. The van der Waals surface area contributed by atoms with Crippen LogP contribution in [0, 0.1) is 10.1 Å². The molecular weight excluding hydrogens is 232 g/mol. The van der Waals surface area contributed by atoms with E-state index in [1.54, 1.807) is 6.07 Å². The summed E-state index contributed by atoms with van der Waals surface area (Å²) in [4.78, 5) is 10.3. The molecule has 2 aromatic rings. The van der Waals surface area contributed by atoms with Crippen molar-refractivity contribution < 1.29 is 4.92 Å². The van der Waals surface area contributed by atoms with Crippen LogP contribution < -0.4 is 5.32 Å². The minimum Gasteiger partial charge on any atom is -0.317 e. The molecule has 0 amide bonds. The molecule has 0 radical (unpaired) electrons. The molecule has 1 aliphatic rings. The van der Waals surface area contributed by atoms with Crippen LogP contribution in [0.4, 0.5) is 5.69 Å². The summed E-state index contributed by atoms with van der Waals surface area (Å²) in [5.41, 5.74) is 0.792. The fraction of sp³-hybridized carbons (Fsp3) is 0.417. The normalized spacial score (nSPS) is 17.1. The molecule has 18 heavy (non-hydrogen) atoms. The van der Waals surface area contributed by atoms with Crippen molar-refractivity contribution in [3.05, 3.63) is 34.5 Å². The maximum Gasteiger partial charge on any atom is 0.271 e. The van der Waals surface area contributed by atoms with Gasteiger partial charge >= 0.3 is 0 Å². The van der Waals surface area contributed by atoms with Crippen molar-refractivity contribution in [3.8, 4) is 0 Å². The largest absolute Gasteiger partial charge is 0.317 e. The van der Waals surface area contributed by atoms with Gasteiger partial charge in [-0.1, -0.05) is 0 Å². The maximum atomic E-state index is 10.7. The summed E-state index contributed by atoms with van der Waals surface area (Å²) >= 11 is 0. The van der Waals surface area contributed by atoms with E-state index in [2.05, 4.69) is 10.4 Å². The molecule has 1 aromatic carbocycles. The van der Waals surface area contributed by atoms with Crippen LogP contribution in [0.3, 0.4) is 0 Å². The Balaban J connectivity index is 1.97. The van der Waals surface area contributed by atoms with Crippen LogP contribution >= 0.6 is 0 Å². The summed E-state index contributed by atoms with van der Waals surface area (Å²) in [6.45, 7) is 2.00. The second kappa shape index (κ2) is 4.38. The number of benzene rings is 1. The number of aromatic nitrogens is 2. The fourth-order valence-corrected chi connectivity index (χ4v) is 2.40. The number of hydrogen-bond acceptors (Lipinski definition) is 4. The van der Waals surface area contributed by atoms with Gasteiger partial charge in [0.15, 0.2) is 0 Å². The Morgan fingerprint density at radius 2 is 2.17 bits per heavy atom. The number of nitro groups is 1. The van der Waals surface area contributed by atoms with Crippen molar-refractivity contribution in [2.75, 3.05) is 13.1 Å². The predicted molar refractivity (Wildman–Crippen MR) is 67.5 cm³/mol. The van der Waals surface area contributed by atoms with Crippen LogP contribution in [0.25, 0.3) is 10.9 Å². The summed E-state index contributed by atoms with van der Waals surface area (Å²) in [6.07, 6.45) is 4.08. The standard InChI is InChI=1S/C12H14N4O2/c17-16(18)11-2-1-9-8-15(14-12(9)7-11)10-3-5-13-6-4-10/h1-2,7-8,10,13H,3-6H2. The fourth-order valence-electron chi connectivity index (χ4n) is 2.40. The number of rotatable bonds is 2. The van der Waals surface area contributed by atoms with E-state index < -0.39 is 0 Å². The predicted octanol–water partition coefficient (Wildman–Crippen LogP) is 1.87. The van der Waals surface area contributed by atoms with E-state index in [9.17, 15) is 10.1 Å². The molecule has 0 saturated carbocycles. The highest BCUT2D eigenvalue weighted by Crippen LogP contribution is 2.24. The van der Waals surface area contributed by atoms with Crippen molar-refractivity contribution in [2.24, 2.45) is 0 Å². The highest BCUT2D eigenvalue weighted by molar-refractivity contribution is 5.80. The molecule has 1 saturated heterocycles. The topological polar surface area (TPSA) is 73.0 Å². The number of nitro benzene ring substituents is 1. The molecule has 3 rings (SSSR count). The van der Waals surface area contributed by atoms with Crippen molar-refractivity contribution in [2.45, 2.75) is 18.9 Å². The molecule has 1 aliphatic heterocycles. The number of nitrogens with one attached hydrogen (secondary N) is 1. The second-order valence-corrected chi connectivity index (χ2v) is 4.59. The summed E-state index contributed by atoms with van der Waals surface area (Å²) in [7, 11) is 0. The van der Waals surface area contributed by atoms with Gasteiger partial charge in [-0.15, -0.1) is 0 Å². The highest BCUT2D eigenvalue weighted by atomic mass is 16.6. The molecule has 1 aromatic heterocycles. The lowest BCUT2D eigenvalue weighted by Gasteiger charge is -2.22. The zero-order chi connectivity index (χ0) is 12.5. The Hall–Kier alpha value is -1.95. The van der Waals surface area contributed by atoms with E-state index in [-0.39, 0.29) is 10.6 Å². The van der Waals surface area contributed by atoms with Gasteiger partial charge in [-0.25, -0.2) is 0 Å². The average Bonchev–Trinajstić information content (AvgIpc) is 2.82. The van der Waals surface area contributed by atoms with Gasteiger partial charge in [-0.3, -0.25) is 14.8 Å². The van der Waals surface area contributed by atoms with Crippen LogP contribution in [0.2, 0.25) is 0 Å². The number of nitrogens with zero attached hydrogens (tertiary/aromatic N) is 3. The summed E-state index contributed by atoms with van der Waals surface area (Å²) in [6, 6.07) is 5.22. The SMILES string of the molecule is O=[N+]([O-])c1ccc2cn(C3CCNCC3)nc2c1. The summed E-state index contributed by atoms with van der Waals surface area (Å²) < 4.78 is 1.95. The van der Waals surface area contributed by atoms with Crippen LogP contribution in [0.15, 0.2) is 24.4 Å². The van der Waals surface area contributed by atoms with Crippen LogP contribution in [-0.2, 0) is 0 Å². The first kappa shape index (κ1) is 11.2. The van der Waals surface area contributed by atoms with Gasteiger partial charge in [0.1, 0.15) is 0 Å². The first-order valence-corrected chi connectivity index (χ1v) is 6.08. The van der Waals surface area contributed by atoms with Crippen molar-refractivity contribution >= 4 is 16.6 Å². The lowest BCUT2D eigenvalue weighted by Crippen LogP contribution is -2.29. The first-order chi connectivity index (χ1) is 8.74. The average molecular weight is 246 g/mol. The van der Waals surface area contributed by atoms with E-state index in [1.165, 1.54) is 12.1 Å². The molecule has 1 fully saturated rings. The Morgan fingerprint density at radius 3 is 2.89 bits per heavy atom. The van der Waals surface area contributed by atoms with Crippen molar-refractivity contribution in [1.29, 1.82) is 0 Å². The Bertz CT molecular complexity index is 587. The molecule has 0 unspecified atom stereocenters. The van der Waals surface area contributed by atoms with Gasteiger partial charge in [0, 0.05) is 23.7 Å². The monoisotopic (exact) mass is 246 g/mol. The zero-order valence-corrected chi connectivity index (χ0v) is 9.87. The van der Waals surface area contributed by atoms with Gasteiger partial charge in [-0.2, -0.15) is 5.10 Å². The van der Waals surface area contributed by atoms with Crippen molar-refractivity contribution in [3.63, 3.8) is 0 Å². The van der Waals surface area contributed by atoms with Gasteiger partial charge in [0.2, 0.25) is 0 Å². The van der Waals surface area contributed by atoms with Crippen LogP contribution in [0.1, 0.15) is 18.9 Å². The maximum absolute atomic E-state index is 10.7. The van der Waals surface area contributed by atoms with Gasteiger partial charge in [0.25, 0.3) is 5.69 Å². The first-order valence-electron chi connectivity index (χ1n) is 6.08. The van der Waals surface area contributed by atoms with E-state index in [0.717, 1.165) is 31.3 Å². The Morgan fingerprint density at radius 1 is 1.39 bits per heavy atom. The van der Waals surface area contributed by atoms with E-state index >= 15 is 0 Å². The molecular formula is C12H14N4O2. The van der Waals surface area contributed by atoms with E-state index in [1.807, 2.05) is 10.9 Å². The van der Waals surface area contributed by atoms with Gasteiger partial charge in [0.05, 0.1) is 16.5 Å². The lowest BCUT2D eigenvalue weighted by atomic mass is 10.1. The molecule has 94 valence electrons. The molecule has 0 atom stereocenters. The number of non-ortho nitro benzene ring substituents is 1. The van der Waals surface area contributed by atoms with E-state index in [0.29, 0.717) is 11.6 Å². The smallest absolute Gasteiger partial charge is 0.271 e. The third-order valence-corrected chi connectivity index (χ3v) is 3.40. The van der Waals surface area contributed by atoms with Crippen LogP contribution in [0.5, 0.6) is 0 Å². The minimum absolute atomic E-state index is 0.0954. The molecule has 0 aliphatic carbocycles. The quantitative estimate of drug-likeness (QED) is 0.648. The lowest BCUT2D eigenvalue weighted by molar-refractivity contribution is -0.384. The number of fused-ring (bicyclic) bond motifs is 1. The van der Waals surface area contributed by atoms with Gasteiger partial charge < -0.3 is 5.32 Å². The van der Waals surface area contributed by atoms with Gasteiger partial charge in [-0.05, 0) is 32.0 Å². The third kappa shape index (κ3) is 1.95. The molecule has 0 spiro atoms. The molecule has 6 heteroatoms. The highest BCUT2D eigenvalue weighted by Gasteiger charge is 2.17. The second-order valence-electron chi connectivity index (χ2n) is 4.59. The molecule has 1 N–H and O–H groups in total. The van der Waals surface area contributed by atoms with Crippen LogP contribution in [-0.4, -0.2) is 27.8 Å². The molecule has 2 heterocycles. The molecule has 0 bridgehead atoms. The van der Waals surface area contributed by atoms with E-state index in [4.69, 9.17) is 0 Å². The Labute approximate surface area is 104 Å². The number of hydrogen-bond donors (Lipinski definition) is 1. The summed E-state index contributed by atoms with van der Waals surface area (Å²) in [5.74, 6) is 0. The molecule has 6 nitrogen and oxygen atoms in total. The van der Waals surface area contributed by atoms with Crippen molar-refractivity contribution in [1.82, 2.24) is 15.1 Å². The Kier molecular flexibility index (Phi) is 2.71. The summed E-state index contributed by atoms with van der Waals surface area (Å²) in [5, 5.41) is 19.4.